The largest absolute Gasteiger partial charge is 0.747 e. The molecule has 0 amide bonds. The van der Waals surface area contributed by atoms with Crippen molar-refractivity contribution in [3.05, 3.63) is 0 Å². The molecule has 0 radical (unpaired) electrons. The summed E-state index contributed by atoms with van der Waals surface area (Å²) in [6.07, 6.45) is -8.09. The van der Waals surface area contributed by atoms with Crippen molar-refractivity contribution in [1.29, 1.82) is 0 Å². The van der Waals surface area contributed by atoms with Gasteiger partial charge in [0.1, 0.15) is 10.1 Å². The van der Waals surface area contributed by atoms with E-state index in [9.17, 15) is 78.8 Å². The van der Waals surface area contributed by atoms with Crippen LogP contribution in [0, 0.1) is 0 Å². The van der Waals surface area contributed by atoms with Crippen molar-refractivity contribution in [1.82, 2.24) is 0 Å². The molecular formula is C8F15O3S-. The fourth-order valence-electron chi connectivity index (χ4n) is 2.30. The first kappa shape index (κ1) is 23.9. The molecule has 19 heteroatoms. The third-order valence-corrected chi connectivity index (χ3v) is 5.15. The Morgan fingerprint density at radius 1 is 0.556 bits per heavy atom. The SMILES string of the molecule is O=S(=O)([O-])C1(C(F)(F)C(F)(F)F)C(F)(F)C(F)(F)C(F)(F)C(F)(F)C1(F)F. The van der Waals surface area contributed by atoms with E-state index in [1.165, 1.54) is 0 Å². The van der Waals surface area contributed by atoms with Gasteiger partial charge < -0.3 is 4.55 Å². The molecule has 162 valence electrons. The number of hydrogen-bond donors (Lipinski definition) is 0. The van der Waals surface area contributed by atoms with Crippen LogP contribution in [0.2, 0.25) is 0 Å². The van der Waals surface area contributed by atoms with Gasteiger partial charge in [0.15, 0.2) is 0 Å². The Labute approximate surface area is 136 Å². The Bertz CT molecular complexity index is 703. The third kappa shape index (κ3) is 2.04. The van der Waals surface area contributed by atoms with Gasteiger partial charge >= 0.3 is 41.7 Å². The lowest BCUT2D eigenvalue weighted by atomic mass is 9.70. The zero-order valence-corrected chi connectivity index (χ0v) is 12.1. The highest BCUT2D eigenvalue weighted by atomic mass is 32.2. The van der Waals surface area contributed by atoms with E-state index < -0.39 is 56.6 Å². The molecule has 0 N–H and O–H groups in total. The molecule has 0 saturated heterocycles. The van der Waals surface area contributed by atoms with Crippen molar-refractivity contribution in [2.24, 2.45) is 0 Å². The molecule has 1 aliphatic carbocycles. The fraction of sp³-hybridized carbons (Fsp3) is 1.00. The molecule has 0 atom stereocenters. The second kappa shape index (κ2) is 5.07. The number of rotatable bonds is 2. The van der Waals surface area contributed by atoms with Crippen LogP contribution in [0.25, 0.3) is 0 Å². The predicted octanol–water partition coefficient (Wildman–Crippen LogP) is 3.66. The zero-order chi connectivity index (χ0) is 22.5. The summed E-state index contributed by atoms with van der Waals surface area (Å²) in [4.78, 5) is 0. The quantitative estimate of drug-likeness (QED) is 0.466. The first-order valence-corrected chi connectivity index (χ1v) is 6.95. The van der Waals surface area contributed by atoms with Crippen molar-refractivity contribution in [2.75, 3.05) is 0 Å². The van der Waals surface area contributed by atoms with E-state index in [-0.39, 0.29) is 0 Å². The lowest BCUT2D eigenvalue weighted by Gasteiger charge is -2.58. The Morgan fingerprint density at radius 3 is 0.963 bits per heavy atom. The van der Waals surface area contributed by atoms with Gasteiger partial charge in [-0.3, -0.25) is 0 Å². The molecule has 1 fully saturated rings. The monoisotopic (exact) mass is 461 g/mol. The minimum Gasteiger partial charge on any atom is -0.747 e. The van der Waals surface area contributed by atoms with Crippen molar-refractivity contribution in [3.8, 4) is 0 Å². The van der Waals surface area contributed by atoms with Crippen LogP contribution in [-0.2, 0) is 10.1 Å². The van der Waals surface area contributed by atoms with Gasteiger partial charge in [-0.15, -0.1) is 0 Å². The van der Waals surface area contributed by atoms with Crippen LogP contribution in [-0.4, -0.2) is 59.4 Å². The van der Waals surface area contributed by atoms with E-state index in [1.807, 2.05) is 0 Å². The molecule has 27 heavy (non-hydrogen) atoms. The van der Waals surface area contributed by atoms with E-state index in [0.717, 1.165) is 0 Å². The lowest BCUT2D eigenvalue weighted by molar-refractivity contribution is -0.483. The minimum absolute atomic E-state index is 8.07. The summed E-state index contributed by atoms with van der Waals surface area (Å²) in [5.74, 6) is -50.3. The molecule has 3 nitrogen and oxygen atoms in total. The molecule has 0 spiro atoms. The first-order chi connectivity index (χ1) is 11.2. The van der Waals surface area contributed by atoms with Crippen LogP contribution in [0.15, 0.2) is 0 Å². The number of hydrogen-bond acceptors (Lipinski definition) is 3. The summed E-state index contributed by atoms with van der Waals surface area (Å²) in [5.41, 5.74) is 0. The van der Waals surface area contributed by atoms with Gasteiger partial charge in [-0.25, -0.2) is 8.42 Å². The average molecular weight is 461 g/mol. The fourth-order valence-corrected chi connectivity index (χ4v) is 3.61. The standard InChI is InChI=1S/C8HF15O3S/c9-2(10)1(27(24,25)26,4(13,14)8(21,22)23)3(11,12)6(17,18)7(19,20)5(2,15)16/h(H,24,25,26)/p-1. The Balaban J connectivity index is 4.46. The van der Waals surface area contributed by atoms with E-state index in [1.54, 1.807) is 0 Å². The number of halogens is 15. The first-order valence-electron chi connectivity index (χ1n) is 5.54. The Kier molecular flexibility index (Phi) is 4.48. The van der Waals surface area contributed by atoms with Crippen LogP contribution < -0.4 is 0 Å². The maximum absolute atomic E-state index is 13.6. The van der Waals surface area contributed by atoms with E-state index in [2.05, 4.69) is 0 Å². The molecule has 1 aliphatic rings. The maximum atomic E-state index is 13.6. The van der Waals surface area contributed by atoms with Gasteiger partial charge in [-0.1, -0.05) is 0 Å². The highest BCUT2D eigenvalue weighted by Crippen LogP contribution is 2.74. The molecule has 0 aromatic rings. The van der Waals surface area contributed by atoms with Crippen LogP contribution in [0.3, 0.4) is 0 Å². The van der Waals surface area contributed by atoms with Crippen molar-refractivity contribution in [2.45, 2.75) is 46.5 Å². The van der Waals surface area contributed by atoms with Crippen LogP contribution in [0.1, 0.15) is 0 Å². The summed E-state index contributed by atoms with van der Waals surface area (Å²) in [6, 6.07) is 0. The minimum atomic E-state index is -8.95. The van der Waals surface area contributed by atoms with Gasteiger partial charge in [0.2, 0.25) is 0 Å². The van der Waals surface area contributed by atoms with Crippen molar-refractivity contribution < 1.29 is 78.8 Å². The summed E-state index contributed by atoms with van der Waals surface area (Å²) < 4.78 is 219. The summed E-state index contributed by atoms with van der Waals surface area (Å²) >= 11 is 0. The molecule has 0 aromatic heterocycles. The maximum Gasteiger partial charge on any atom is 0.455 e. The molecule has 0 aromatic carbocycles. The van der Waals surface area contributed by atoms with Crippen LogP contribution in [0.5, 0.6) is 0 Å². The lowest BCUT2D eigenvalue weighted by Crippen LogP contribution is -2.91. The van der Waals surface area contributed by atoms with Crippen LogP contribution >= 0.6 is 0 Å². The number of alkyl halides is 15. The molecule has 1 rings (SSSR count). The highest BCUT2D eigenvalue weighted by molar-refractivity contribution is 7.87. The van der Waals surface area contributed by atoms with E-state index in [0.29, 0.717) is 0 Å². The van der Waals surface area contributed by atoms with E-state index >= 15 is 0 Å². The van der Waals surface area contributed by atoms with E-state index in [4.69, 9.17) is 0 Å². The van der Waals surface area contributed by atoms with Gasteiger partial charge in [0.25, 0.3) is 4.75 Å². The highest BCUT2D eigenvalue weighted by Gasteiger charge is 3.07. The van der Waals surface area contributed by atoms with Gasteiger partial charge in [0, 0.05) is 0 Å². The normalized spacial score (nSPS) is 28.6. The summed E-state index contributed by atoms with van der Waals surface area (Å²) in [6.45, 7) is 0. The van der Waals surface area contributed by atoms with Gasteiger partial charge in [0.05, 0.1) is 0 Å². The Hall–Kier alpha value is -1.14. The van der Waals surface area contributed by atoms with Crippen molar-refractivity contribution >= 4 is 10.1 Å². The second-order valence-corrected chi connectivity index (χ2v) is 6.60. The summed E-state index contributed by atoms with van der Waals surface area (Å²) in [5, 5.41) is 0. The third-order valence-electron chi connectivity index (χ3n) is 3.63. The molecule has 0 aliphatic heterocycles. The topological polar surface area (TPSA) is 57.2 Å². The Morgan fingerprint density at radius 2 is 0.778 bits per heavy atom. The molecule has 1 saturated carbocycles. The van der Waals surface area contributed by atoms with Gasteiger partial charge in [-0.05, 0) is 0 Å². The predicted molar refractivity (Wildman–Crippen MR) is 48.2 cm³/mol. The van der Waals surface area contributed by atoms with Crippen molar-refractivity contribution in [3.63, 3.8) is 0 Å². The zero-order valence-electron chi connectivity index (χ0n) is 11.3. The van der Waals surface area contributed by atoms with Crippen LogP contribution in [0.4, 0.5) is 65.9 Å². The van der Waals surface area contributed by atoms with Gasteiger partial charge in [-0.2, -0.15) is 65.9 Å². The summed E-state index contributed by atoms with van der Waals surface area (Å²) in [7, 11) is -8.95. The molecule has 0 bridgehead atoms. The average Bonchev–Trinajstić information content (AvgIpc) is 2.32. The molecule has 0 heterocycles. The molecule has 0 unspecified atom stereocenters. The molecular weight excluding hydrogens is 461 g/mol. The second-order valence-electron chi connectivity index (χ2n) is 5.08. The smallest absolute Gasteiger partial charge is 0.455 e.